The Labute approximate surface area is 90.7 Å². The quantitative estimate of drug-likeness (QED) is 0.757. The summed E-state index contributed by atoms with van der Waals surface area (Å²) in [5, 5.41) is 0. The molecule has 0 radical (unpaired) electrons. The highest BCUT2D eigenvalue weighted by atomic mass is 127. The lowest BCUT2D eigenvalue weighted by atomic mass is 9.87. The fourth-order valence-corrected chi connectivity index (χ4v) is 3.88. The van der Waals surface area contributed by atoms with Crippen LogP contribution in [0.2, 0.25) is 0 Å². The van der Waals surface area contributed by atoms with Crippen molar-refractivity contribution in [2.75, 3.05) is 5.75 Å². The van der Waals surface area contributed by atoms with E-state index in [9.17, 15) is 0 Å². The fourth-order valence-electron chi connectivity index (χ4n) is 1.11. The van der Waals surface area contributed by atoms with Gasteiger partial charge in [-0.25, -0.2) is 0 Å². The zero-order valence-electron chi connectivity index (χ0n) is 7.38. The van der Waals surface area contributed by atoms with E-state index in [1.807, 2.05) is 8.93 Å². The Morgan fingerprint density at radius 1 is 1.25 bits per heavy atom. The molecule has 0 spiro atoms. The minimum atomic E-state index is 0.299. The van der Waals surface area contributed by atoms with Gasteiger partial charge in [0, 0.05) is 5.75 Å². The molecule has 0 atom stereocenters. The molecule has 0 saturated carbocycles. The van der Waals surface area contributed by atoms with Gasteiger partial charge in [0.1, 0.15) is 0 Å². The van der Waals surface area contributed by atoms with E-state index in [2.05, 4.69) is 65.4 Å². The van der Waals surface area contributed by atoms with Gasteiger partial charge in [0.25, 0.3) is 0 Å². The van der Waals surface area contributed by atoms with Crippen LogP contribution in [0.25, 0.3) is 0 Å². The smallest absolute Gasteiger partial charge is 0.0125 e. The third-order valence-electron chi connectivity index (χ3n) is 1.97. The van der Waals surface area contributed by atoms with E-state index < -0.39 is 0 Å². The highest BCUT2D eigenvalue weighted by Gasteiger charge is 2.19. The van der Waals surface area contributed by atoms with Crippen LogP contribution < -0.4 is 0 Å². The molecule has 0 aliphatic carbocycles. The van der Waals surface area contributed by atoms with Gasteiger partial charge in [0.2, 0.25) is 0 Å². The van der Waals surface area contributed by atoms with Crippen molar-refractivity contribution >= 4 is 30.1 Å². The first-order chi connectivity index (χ1) is 5.67. The van der Waals surface area contributed by atoms with Gasteiger partial charge in [0.05, 0.1) is 0 Å². The molecule has 0 saturated heterocycles. The predicted molar refractivity (Wildman–Crippen MR) is 65.9 cm³/mol. The van der Waals surface area contributed by atoms with Crippen LogP contribution in [0, 0.1) is 0 Å². The highest BCUT2D eigenvalue weighted by molar-refractivity contribution is 14.2. The van der Waals surface area contributed by atoms with Crippen LogP contribution in [0.5, 0.6) is 0 Å². The second kappa shape index (κ2) is 4.51. The average Bonchev–Trinajstić information content (AvgIpc) is 2.06. The molecule has 0 aromatic heterocycles. The van der Waals surface area contributed by atoms with Crippen LogP contribution in [0.4, 0.5) is 0 Å². The fraction of sp³-hybridized carbons (Fsp3) is 0.400. The number of halogens is 1. The minimum absolute atomic E-state index is 0.299. The largest absolute Gasteiger partial charge is 0.0885 e. The molecule has 0 fully saturated rings. The molecule has 0 heterocycles. The van der Waals surface area contributed by atoms with Crippen LogP contribution in [0.1, 0.15) is 19.4 Å². The summed E-state index contributed by atoms with van der Waals surface area (Å²) in [7, 11) is 1.87. The van der Waals surface area contributed by atoms with Crippen molar-refractivity contribution in [3.8, 4) is 0 Å². The minimum Gasteiger partial charge on any atom is -0.0885 e. The molecule has 2 heteroatoms. The van der Waals surface area contributed by atoms with E-state index in [0.29, 0.717) is 5.41 Å². The van der Waals surface area contributed by atoms with Gasteiger partial charge in [-0.2, -0.15) is 0 Å². The lowest BCUT2D eigenvalue weighted by molar-refractivity contribution is 0.604. The van der Waals surface area contributed by atoms with Gasteiger partial charge in [-0.05, 0) is 32.2 Å². The molecule has 0 nitrogen and oxygen atoms in total. The van der Waals surface area contributed by atoms with Gasteiger partial charge in [-0.1, -0.05) is 53.1 Å². The van der Waals surface area contributed by atoms with Crippen LogP contribution in [0.15, 0.2) is 30.3 Å². The van der Waals surface area contributed by atoms with Crippen molar-refractivity contribution in [1.82, 2.24) is 0 Å². The lowest BCUT2D eigenvalue weighted by Gasteiger charge is -2.23. The van der Waals surface area contributed by atoms with Crippen molar-refractivity contribution < 1.29 is 0 Å². The SMILES string of the molecule is CC(C)(CSI)c1ccccc1. The summed E-state index contributed by atoms with van der Waals surface area (Å²) in [5.74, 6) is 1.16. The Morgan fingerprint density at radius 2 is 1.83 bits per heavy atom. The summed E-state index contributed by atoms with van der Waals surface area (Å²) in [6.45, 7) is 4.57. The molecule has 66 valence electrons. The van der Waals surface area contributed by atoms with Crippen molar-refractivity contribution in [1.29, 1.82) is 0 Å². The Morgan fingerprint density at radius 3 is 2.33 bits per heavy atom. The molecule has 0 bridgehead atoms. The summed E-state index contributed by atoms with van der Waals surface area (Å²) >= 11 is 2.36. The van der Waals surface area contributed by atoms with Crippen LogP contribution >= 0.6 is 30.1 Å². The maximum Gasteiger partial charge on any atom is 0.0125 e. The molecule has 0 amide bonds. The summed E-state index contributed by atoms with van der Waals surface area (Å²) in [6, 6.07) is 10.7. The molecule has 0 unspecified atom stereocenters. The average molecular weight is 292 g/mol. The zero-order chi connectivity index (χ0) is 9.03. The van der Waals surface area contributed by atoms with E-state index in [0.717, 1.165) is 5.75 Å². The second-order valence-electron chi connectivity index (χ2n) is 3.50. The first-order valence-electron chi connectivity index (χ1n) is 3.96. The topological polar surface area (TPSA) is 0 Å². The number of benzene rings is 1. The molecule has 1 rings (SSSR count). The van der Waals surface area contributed by atoms with Crippen LogP contribution in [0.3, 0.4) is 0 Å². The number of rotatable bonds is 3. The number of hydrogen-bond donors (Lipinski definition) is 0. The second-order valence-corrected chi connectivity index (χ2v) is 5.88. The summed E-state index contributed by atoms with van der Waals surface area (Å²) < 4.78 is 0. The molecular weight excluding hydrogens is 279 g/mol. The molecule has 0 aliphatic rings. The van der Waals surface area contributed by atoms with E-state index in [4.69, 9.17) is 0 Å². The van der Waals surface area contributed by atoms with Gasteiger partial charge >= 0.3 is 0 Å². The highest BCUT2D eigenvalue weighted by Crippen LogP contribution is 2.29. The molecule has 0 aliphatic heterocycles. The molecule has 1 aromatic rings. The number of hydrogen-bond acceptors (Lipinski definition) is 1. The van der Waals surface area contributed by atoms with Crippen molar-refractivity contribution in [3.05, 3.63) is 35.9 Å². The van der Waals surface area contributed by atoms with Crippen molar-refractivity contribution in [3.63, 3.8) is 0 Å². The molecule has 1 aromatic carbocycles. The molecular formula is C10H13IS. The first-order valence-corrected chi connectivity index (χ1v) is 7.49. The first kappa shape index (κ1) is 10.4. The van der Waals surface area contributed by atoms with Crippen LogP contribution in [-0.2, 0) is 5.41 Å². The summed E-state index contributed by atoms with van der Waals surface area (Å²) in [6.07, 6.45) is 0. The van der Waals surface area contributed by atoms with Gasteiger partial charge in [-0.15, -0.1) is 0 Å². The van der Waals surface area contributed by atoms with E-state index >= 15 is 0 Å². The van der Waals surface area contributed by atoms with E-state index in [1.54, 1.807) is 0 Å². The van der Waals surface area contributed by atoms with E-state index in [-0.39, 0.29) is 0 Å². The third kappa shape index (κ3) is 2.66. The van der Waals surface area contributed by atoms with Gasteiger partial charge < -0.3 is 0 Å². The summed E-state index contributed by atoms with van der Waals surface area (Å²) in [5.41, 5.74) is 1.72. The maximum atomic E-state index is 2.36. The lowest BCUT2D eigenvalue weighted by Crippen LogP contribution is -2.19. The molecule has 12 heavy (non-hydrogen) atoms. The molecule has 0 N–H and O–H groups in total. The van der Waals surface area contributed by atoms with Crippen LogP contribution in [-0.4, -0.2) is 5.75 Å². The van der Waals surface area contributed by atoms with Crippen molar-refractivity contribution in [2.45, 2.75) is 19.3 Å². The standard InChI is InChI=1S/C10H13IS/c1-10(2,8-12-11)9-6-4-3-5-7-9/h3-7H,8H2,1-2H3. The summed E-state index contributed by atoms with van der Waals surface area (Å²) in [4.78, 5) is 0. The Bertz CT molecular complexity index is 231. The zero-order valence-corrected chi connectivity index (χ0v) is 10.4. The monoisotopic (exact) mass is 292 g/mol. The predicted octanol–water partition coefficient (Wildman–Crippen LogP) is 4.05. The van der Waals surface area contributed by atoms with Gasteiger partial charge in [-0.3, -0.25) is 0 Å². The van der Waals surface area contributed by atoms with E-state index in [1.165, 1.54) is 5.56 Å². The Hall–Kier alpha value is 0.300. The Kier molecular flexibility index (Phi) is 3.90. The van der Waals surface area contributed by atoms with Crippen molar-refractivity contribution in [2.24, 2.45) is 0 Å². The normalized spacial score (nSPS) is 11.6. The maximum absolute atomic E-state index is 2.36. The third-order valence-corrected chi connectivity index (χ3v) is 3.74. The Balaban J connectivity index is 2.82. The van der Waals surface area contributed by atoms with Gasteiger partial charge in [0.15, 0.2) is 0 Å².